The second kappa shape index (κ2) is 9.73. The Kier molecular flexibility index (Phi) is 6.39. The molecule has 198 valence electrons. The van der Waals surface area contributed by atoms with Crippen molar-refractivity contribution in [3.05, 3.63) is 82.8 Å². The molecule has 0 saturated carbocycles. The summed E-state index contributed by atoms with van der Waals surface area (Å²) in [7, 11) is 1.76. The molecule has 3 aliphatic heterocycles. The van der Waals surface area contributed by atoms with Gasteiger partial charge in [-0.15, -0.1) is 0 Å². The van der Waals surface area contributed by atoms with Gasteiger partial charge in [0.15, 0.2) is 0 Å². The third kappa shape index (κ3) is 3.89. The first-order valence-electron chi connectivity index (χ1n) is 14.0. The summed E-state index contributed by atoms with van der Waals surface area (Å²) >= 11 is 0. The highest BCUT2D eigenvalue weighted by Crippen LogP contribution is 2.48. The van der Waals surface area contributed by atoms with E-state index in [1.54, 1.807) is 7.11 Å². The van der Waals surface area contributed by atoms with Crippen LogP contribution in [0.2, 0.25) is 0 Å². The van der Waals surface area contributed by atoms with Gasteiger partial charge in [0.1, 0.15) is 5.75 Å². The number of ether oxygens (including phenoxy) is 1. The van der Waals surface area contributed by atoms with Gasteiger partial charge < -0.3 is 9.64 Å². The number of piperidine rings is 1. The lowest BCUT2D eigenvalue weighted by molar-refractivity contribution is 0.0890. The molecule has 1 spiro atoms. The molecule has 2 amide bonds. The molecule has 1 unspecified atom stereocenters. The number of aromatic nitrogens is 1. The number of urea groups is 1. The van der Waals surface area contributed by atoms with E-state index in [1.165, 1.54) is 38.7 Å². The number of amides is 2. The Morgan fingerprint density at radius 3 is 2.68 bits per heavy atom. The molecule has 2 fully saturated rings. The van der Waals surface area contributed by atoms with Crippen LogP contribution in [0.1, 0.15) is 61.8 Å². The largest absolute Gasteiger partial charge is 0.496 e. The number of methoxy groups -OCH3 is 1. The highest BCUT2D eigenvalue weighted by atomic mass is 16.5. The lowest BCUT2D eigenvalue weighted by Crippen LogP contribution is -2.53. The van der Waals surface area contributed by atoms with Gasteiger partial charge in [-0.2, -0.15) is 0 Å². The van der Waals surface area contributed by atoms with Crippen molar-refractivity contribution in [1.82, 2.24) is 19.7 Å². The van der Waals surface area contributed by atoms with Crippen molar-refractivity contribution in [2.45, 2.75) is 64.6 Å². The minimum Gasteiger partial charge on any atom is -0.496 e. The normalized spacial score (nSPS) is 20.9. The molecule has 3 aromatic rings. The van der Waals surface area contributed by atoms with Crippen molar-refractivity contribution >= 4 is 16.8 Å². The molecule has 0 radical (unpaired) electrons. The predicted octanol–water partition coefficient (Wildman–Crippen LogP) is 6.10. The van der Waals surface area contributed by atoms with E-state index >= 15 is 0 Å². The van der Waals surface area contributed by atoms with E-state index in [0.717, 1.165) is 51.2 Å². The van der Waals surface area contributed by atoms with Crippen molar-refractivity contribution in [2.75, 3.05) is 26.7 Å². The maximum Gasteiger partial charge on any atom is 0.325 e. The van der Waals surface area contributed by atoms with Gasteiger partial charge in [0.25, 0.3) is 0 Å². The molecule has 6 nitrogen and oxygen atoms in total. The number of pyridine rings is 1. The second-order valence-corrected chi connectivity index (χ2v) is 11.0. The molecule has 3 aliphatic rings. The maximum atomic E-state index is 13.9. The number of nitrogens with zero attached hydrogens (tertiary/aromatic N) is 4. The van der Waals surface area contributed by atoms with Gasteiger partial charge >= 0.3 is 6.03 Å². The third-order valence-electron chi connectivity index (χ3n) is 9.02. The van der Waals surface area contributed by atoms with Crippen LogP contribution in [0.3, 0.4) is 0 Å². The van der Waals surface area contributed by atoms with Crippen LogP contribution in [0.15, 0.2) is 60.6 Å². The first-order valence-corrected chi connectivity index (χ1v) is 14.0. The van der Waals surface area contributed by atoms with Crippen molar-refractivity contribution in [1.29, 1.82) is 0 Å². The van der Waals surface area contributed by atoms with Gasteiger partial charge in [-0.3, -0.25) is 14.8 Å². The van der Waals surface area contributed by atoms with E-state index in [9.17, 15) is 4.79 Å². The minimum absolute atomic E-state index is 0.148. The summed E-state index contributed by atoms with van der Waals surface area (Å²) in [6.45, 7) is 10.7. The van der Waals surface area contributed by atoms with Crippen LogP contribution >= 0.6 is 0 Å². The van der Waals surface area contributed by atoms with E-state index in [-0.39, 0.29) is 17.5 Å². The van der Waals surface area contributed by atoms with Crippen LogP contribution in [-0.4, -0.2) is 58.0 Å². The molecule has 2 saturated heterocycles. The van der Waals surface area contributed by atoms with Gasteiger partial charge in [-0.05, 0) is 60.4 Å². The standard InChI is InChI=1S/C32H38N4O2/c1-5-23-17-26-21-35-29(16-22(3)30(26)28(18-23)38-4)32(36(6-2)31(35)37)11-14-34(15-12-32)20-25-9-7-8-24-19-33-13-10-27(24)25/h7-10,13,16-19,22H,5-6,11-12,14-15,20-21H2,1-4H3. The Morgan fingerprint density at radius 2 is 1.95 bits per heavy atom. The number of fused-ring (bicyclic) bond motifs is 4. The minimum atomic E-state index is -0.248. The fourth-order valence-corrected chi connectivity index (χ4v) is 7.09. The molecule has 6 rings (SSSR count). The highest BCUT2D eigenvalue weighted by Gasteiger charge is 2.54. The van der Waals surface area contributed by atoms with E-state index in [2.05, 4.69) is 82.9 Å². The second-order valence-electron chi connectivity index (χ2n) is 11.0. The number of rotatable bonds is 5. The topological polar surface area (TPSA) is 48.9 Å². The quantitative estimate of drug-likeness (QED) is 0.416. The van der Waals surface area contributed by atoms with E-state index in [4.69, 9.17) is 4.74 Å². The molecule has 6 heteroatoms. The van der Waals surface area contributed by atoms with Gasteiger partial charge in [-0.25, -0.2) is 4.79 Å². The Balaban J connectivity index is 1.31. The molecule has 0 aliphatic carbocycles. The number of carbonyl (C=O) groups is 1. The average molecular weight is 511 g/mol. The number of carbonyl (C=O) groups excluding carboxylic acids is 1. The summed E-state index contributed by atoms with van der Waals surface area (Å²) in [6, 6.07) is 13.2. The van der Waals surface area contributed by atoms with Crippen LogP contribution in [0, 0.1) is 0 Å². The molecular weight excluding hydrogens is 472 g/mol. The molecule has 0 bridgehead atoms. The Hall–Kier alpha value is -3.38. The number of likely N-dealkylation sites (tertiary alicyclic amines) is 1. The maximum absolute atomic E-state index is 13.9. The molecular formula is C32H38N4O2. The lowest BCUT2D eigenvalue weighted by Gasteiger charge is -2.44. The van der Waals surface area contributed by atoms with Gasteiger partial charge in [0.2, 0.25) is 0 Å². The van der Waals surface area contributed by atoms with Crippen LogP contribution < -0.4 is 4.74 Å². The number of likely N-dealkylation sites (N-methyl/N-ethyl adjacent to an activating group) is 1. The molecule has 38 heavy (non-hydrogen) atoms. The van der Waals surface area contributed by atoms with E-state index in [0.29, 0.717) is 6.54 Å². The molecule has 2 aromatic carbocycles. The first-order chi connectivity index (χ1) is 18.5. The highest BCUT2D eigenvalue weighted by molar-refractivity contribution is 5.85. The SMILES string of the molecule is CCc1cc2c(c(OC)c1)C(C)C=C1N(C2)C(=O)N(CC)C12CCN(Cc1cccc3cnccc13)CC2. The van der Waals surface area contributed by atoms with Crippen LogP contribution in [0.4, 0.5) is 4.79 Å². The lowest BCUT2D eigenvalue weighted by atomic mass is 9.82. The van der Waals surface area contributed by atoms with Crippen molar-refractivity contribution in [3.8, 4) is 5.75 Å². The summed E-state index contributed by atoms with van der Waals surface area (Å²) in [6.07, 6.45) is 9.02. The number of allylic oxidation sites excluding steroid dienone is 1. The number of aryl methyl sites for hydroxylation is 1. The predicted molar refractivity (Wildman–Crippen MR) is 151 cm³/mol. The van der Waals surface area contributed by atoms with Crippen molar-refractivity contribution < 1.29 is 9.53 Å². The zero-order valence-electron chi connectivity index (χ0n) is 23.0. The Bertz CT molecular complexity index is 1400. The smallest absolute Gasteiger partial charge is 0.325 e. The first kappa shape index (κ1) is 24.9. The molecule has 4 heterocycles. The van der Waals surface area contributed by atoms with Crippen LogP contribution in [0.5, 0.6) is 5.75 Å². The van der Waals surface area contributed by atoms with Crippen LogP contribution in [0.25, 0.3) is 10.8 Å². The summed E-state index contributed by atoms with van der Waals surface area (Å²) in [5, 5.41) is 2.46. The molecule has 1 atom stereocenters. The van der Waals surface area contributed by atoms with E-state index in [1.807, 2.05) is 12.4 Å². The third-order valence-corrected chi connectivity index (χ3v) is 9.02. The van der Waals surface area contributed by atoms with Gasteiger partial charge in [0, 0.05) is 61.1 Å². The zero-order chi connectivity index (χ0) is 26.4. The fraction of sp³-hybridized carbons (Fsp3) is 0.438. The average Bonchev–Trinajstić information content (AvgIpc) is 3.04. The molecule has 1 aromatic heterocycles. The summed E-state index contributed by atoms with van der Waals surface area (Å²) in [4.78, 5) is 25.0. The number of benzene rings is 2. The van der Waals surface area contributed by atoms with Crippen molar-refractivity contribution in [3.63, 3.8) is 0 Å². The number of hydrogen-bond acceptors (Lipinski definition) is 4. The fourth-order valence-electron chi connectivity index (χ4n) is 7.09. The summed E-state index contributed by atoms with van der Waals surface area (Å²) < 4.78 is 5.86. The van der Waals surface area contributed by atoms with Gasteiger partial charge in [-0.1, -0.05) is 44.2 Å². The summed E-state index contributed by atoms with van der Waals surface area (Å²) in [5.74, 6) is 1.12. The Morgan fingerprint density at radius 1 is 1.13 bits per heavy atom. The monoisotopic (exact) mass is 510 g/mol. The van der Waals surface area contributed by atoms with Crippen molar-refractivity contribution in [2.24, 2.45) is 0 Å². The number of hydrogen-bond donors (Lipinski definition) is 0. The van der Waals surface area contributed by atoms with Gasteiger partial charge in [0.05, 0.1) is 19.2 Å². The van der Waals surface area contributed by atoms with E-state index < -0.39 is 0 Å². The Labute approximate surface area is 225 Å². The zero-order valence-corrected chi connectivity index (χ0v) is 23.0. The molecule has 0 N–H and O–H groups in total. The van der Waals surface area contributed by atoms with Crippen LogP contribution in [-0.2, 0) is 19.5 Å². The summed E-state index contributed by atoms with van der Waals surface area (Å²) in [5.41, 5.74) is 5.98.